The molecule has 0 aliphatic carbocycles. The summed E-state index contributed by atoms with van der Waals surface area (Å²) >= 11 is 0. The summed E-state index contributed by atoms with van der Waals surface area (Å²) in [5, 5.41) is 3.09. The summed E-state index contributed by atoms with van der Waals surface area (Å²) in [7, 11) is 0. The van der Waals surface area contributed by atoms with E-state index in [0.29, 0.717) is 6.54 Å². The number of carbonyl (C=O) groups excluding carboxylic acids is 1. The number of benzene rings is 2. The van der Waals surface area contributed by atoms with Crippen LogP contribution in [-0.4, -0.2) is 17.0 Å². The fourth-order valence-corrected chi connectivity index (χ4v) is 3.74. The maximum absolute atomic E-state index is 12.8. The van der Waals surface area contributed by atoms with E-state index in [0.717, 1.165) is 34.6 Å². The summed E-state index contributed by atoms with van der Waals surface area (Å²) in [4.78, 5) is 12.8. The molecule has 26 heavy (non-hydrogen) atoms. The second kappa shape index (κ2) is 6.17. The number of carbonyl (C=O) groups is 1. The lowest BCUT2D eigenvalue weighted by Gasteiger charge is -2.24. The third-order valence-corrected chi connectivity index (χ3v) is 5.05. The molecule has 0 fully saturated rings. The lowest BCUT2D eigenvalue weighted by Crippen LogP contribution is -2.31. The Morgan fingerprint density at radius 3 is 2.50 bits per heavy atom. The summed E-state index contributed by atoms with van der Waals surface area (Å²) < 4.78 is 2.27. The van der Waals surface area contributed by atoms with Gasteiger partial charge in [-0.05, 0) is 48.1 Å². The minimum absolute atomic E-state index is 0.00873. The van der Waals surface area contributed by atoms with Crippen molar-refractivity contribution in [1.82, 2.24) is 9.88 Å². The van der Waals surface area contributed by atoms with Gasteiger partial charge in [0.1, 0.15) is 0 Å². The van der Waals surface area contributed by atoms with E-state index in [1.54, 1.807) is 0 Å². The van der Waals surface area contributed by atoms with Crippen molar-refractivity contribution in [1.29, 1.82) is 0 Å². The van der Waals surface area contributed by atoms with E-state index in [1.807, 2.05) is 24.3 Å². The number of nitrogens with one attached hydrogen (secondary N) is 1. The SMILES string of the molecule is Cc1cccc(-n2c(-c3ccccc3)cc3c2CC(C)(C)CNC3=O)c1. The highest BCUT2D eigenvalue weighted by atomic mass is 16.1. The van der Waals surface area contributed by atoms with Gasteiger partial charge >= 0.3 is 0 Å². The molecule has 1 N–H and O–H groups in total. The van der Waals surface area contributed by atoms with Crippen LogP contribution in [0.4, 0.5) is 0 Å². The van der Waals surface area contributed by atoms with Gasteiger partial charge in [-0.1, -0.05) is 56.3 Å². The number of fused-ring (bicyclic) bond motifs is 1. The molecule has 1 aliphatic rings. The molecular weight excluding hydrogens is 320 g/mol. The molecule has 0 unspecified atom stereocenters. The van der Waals surface area contributed by atoms with Crippen molar-refractivity contribution in [3.8, 4) is 16.9 Å². The minimum Gasteiger partial charge on any atom is -0.351 e. The Bertz CT molecular complexity index is 967. The molecule has 3 heteroatoms. The maximum Gasteiger partial charge on any atom is 0.253 e. The minimum atomic E-state index is 0.00873. The highest BCUT2D eigenvalue weighted by Crippen LogP contribution is 2.35. The molecule has 0 bridgehead atoms. The van der Waals surface area contributed by atoms with Crippen LogP contribution in [0.3, 0.4) is 0 Å². The lowest BCUT2D eigenvalue weighted by molar-refractivity contribution is 0.0945. The van der Waals surface area contributed by atoms with Crippen LogP contribution < -0.4 is 5.32 Å². The monoisotopic (exact) mass is 344 g/mol. The summed E-state index contributed by atoms with van der Waals surface area (Å²) in [6.07, 6.45) is 0.849. The first-order chi connectivity index (χ1) is 12.4. The van der Waals surface area contributed by atoms with Crippen molar-refractivity contribution in [3.05, 3.63) is 77.5 Å². The Kier molecular flexibility index (Phi) is 3.95. The summed E-state index contributed by atoms with van der Waals surface area (Å²) in [6.45, 7) is 7.20. The number of hydrogen-bond acceptors (Lipinski definition) is 1. The summed E-state index contributed by atoms with van der Waals surface area (Å²) in [5.74, 6) is 0.0224. The normalized spacial score (nSPS) is 15.9. The topological polar surface area (TPSA) is 34.0 Å². The fraction of sp³-hybridized carbons (Fsp3) is 0.261. The molecule has 0 atom stereocenters. The molecule has 132 valence electrons. The first-order valence-electron chi connectivity index (χ1n) is 9.10. The van der Waals surface area contributed by atoms with Gasteiger partial charge in [-0.2, -0.15) is 0 Å². The van der Waals surface area contributed by atoms with Crippen LogP contribution in [0.5, 0.6) is 0 Å². The molecule has 2 heterocycles. The van der Waals surface area contributed by atoms with Crippen LogP contribution in [-0.2, 0) is 6.42 Å². The molecule has 0 saturated carbocycles. The van der Waals surface area contributed by atoms with Crippen LogP contribution in [0.25, 0.3) is 16.9 Å². The molecule has 0 saturated heterocycles. The van der Waals surface area contributed by atoms with Crippen LogP contribution in [0.1, 0.15) is 35.5 Å². The molecule has 4 rings (SSSR count). The van der Waals surface area contributed by atoms with Crippen LogP contribution in [0, 0.1) is 12.3 Å². The van der Waals surface area contributed by atoms with Gasteiger partial charge in [-0.15, -0.1) is 0 Å². The van der Waals surface area contributed by atoms with Gasteiger partial charge in [0.05, 0.1) is 11.3 Å². The van der Waals surface area contributed by atoms with Gasteiger partial charge in [0.15, 0.2) is 0 Å². The zero-order valence-corrected chi connectivity index (χ0v) is 15.5. The predicted octanol–water partition coefficient (Wildman–Crippen LogP) is 4.76. The standard InChI is InChI=1S/C23H24N2O/c1-16-8-7-11-18(12-16)25-20(17-9-5-4-6-10-17)13-19-21(25)14-23(2,3)15-24-22(19)26/h4-13H,14-15H2,1-3H3,(H,24,26). The quantitative estimate of drug-likeness (QED) is 0.714. The van der Waals surface area contributed by atoms with E-state index in [1.165, 1.54) is 5.56 Å². The summed E-state index contributed by atoms with van der Waals surface area (Å²) in [5.41, 5.74) is 6.39. The average molecular weight is 344 g/mol. The first-order valence-corrected chi connectivity index (χ1v) is 9.10. The molecular formula is C23H24N2O. The van der Waals surface area contributed by atoms with Crippen molar-refractivity contribution < 1.29 is 4.79 Å². The third kappa shape index (κ3) is 2.94. The Morgan fingerprint density at radius 2 is 1.77 bits per heavy atom. The molecule has 1 aliphatic heterocycles. The fourth-order valence-electron chi connectivity index (χ4n) is 3.74. The first kappa shape index (κ1) is 16.6. The molecule has 2 aromatic carbocycles. The molecule has 1 aromatic heterocycles. The molecule has 3 nitrogen and oxygen atoms in total. The second-order valence-corrected chi connectivity index (χ2v) is 7.95. The summed E-state index contributed by atoms with van der Waals surface area (Å²) in [6, 6.07) is 20.8. The third-order valence-electron chi connectivity index (χ3n) is 5.05. The maximum atomic E-state index is 12.8. The highest BCUT2D eigenvalue weighted by Gasteiger charge is 2.31. The Hall–Kier alpha value is -2.81. The number of rotatable bonds is 2. The van der Waals surface area contributed by atoms with Crippen molar-refractivity contribution in [2.45, 2.75) is 27.2 Å². The van der Waals surface area contributed by atoms with Crippen LogP contribution in [0.2, 0.25) is 0 Å². The van der Waals surface area contributed by atoms with E-state index in [4.69, 9.17) is 0 Å². The van der Waals surface area contributed by atoms with Crippen LogP contribution in [0.15, 0.2) is 60.7 Å². The van der Waals surface area contributed by atoms with Crippen LogP contribution >= 0.6 is 0 Å². The predicted molar refractivity (Wildman–Crippen MR) is 106 cm³/mol. The van der Waals surface area contributed by atoms with Crippen molar-refractivity contribution >= 4 is 5.91 Å². The van der Waals surface area contributed by atoms with Gasteiger partial charge in [0.25, 0.3) is 5.91 Å². The van der Waals surface area contributed by atoms with E-state index in [-0.39, 0.29) is 11.3 Å². The number of aromatic nitrogens is 1. The van der Waals surface area contributed by atoms with E-state index in [9.17, 15) is 4.79 Å². The zero-order chi connectivity index (χ0) is 18.3. The van der Waals surface area contributed by atoms with Crippen molar-refractivity contribution in [2.24, 2.45) is 5.41 Å². The Balaban J connectivity index is 2.02. The van der Waals surface area contributed by atoms with E-state index in [2.05, 4.69) is 67.1 Å². The largest absolute Gasteiger partial charge is 0.351 e. The molecule has 1 amide bonds. The number of nitrogens with zero attached hydrogens (tertiary/aromatic N) is 1. The lowest BCUT2D eigenvalue weighted by atomic mass is 9.88. The van der Waals surface area contributed by atoms with Gasteiger partial charge in [0.2, 0.25) is 0 Å². The molecule has 0 radical (unpaired) electrons. The number of aryl methyl sites for hydroxylation is 1. The van der Waals surface area contributed by atoms with Gasteiger partial charge in [-0.3, -0.25) is 4.79 Å². The zero-order valence-electron chi connectivity index (χ0n) is 15.5. The number of amides is 1. The van der Waals surface area contributed by atoms with Crippen molar-refractivity contribution in [3.63, 3.8) is 0 Å². The highest BCUT2D eigenvalue weighted by molar-refractivity contribution is 5.98. The molecule has 3 aromatic rings. The number of hydrogen-bond donors (Lipinski definition) is 1. The molecule has 0 spiro atoms. The average Bonchev–Trinajstić information content (AvgIpc) is 2.94. The van der Waals surface area contributed by atoms with Gasteiger partial charge in [0, 0.05) is 17.9 Å². The van der Waals surface area contributed by atoms with Gasteiger partial charge < -0.3 is 9.88 Å². The van der Waals surface area contributed by atoms with Gasteiger partial charge in [-0.25, -0.2) is 0 Å². The Morgan fingerprint density at radius 1 is 1.00 bits per heavy atom. The van der Waals surface area contributed by atoms with E-state index < -0.39 is 0 Å². The smallest absolute Gasteiger partial charge is 0.253 e. The Labute approximate surface area is 154 Å². The van der Waals surface area contributed by atoms with Crippen molar-refractivity contribution in [2.75, 3.05) is 6.54 Å². The second-order valence-electron chi connectivity index (χ2n) is 7.95. The van der Waals surface area contributed by atoms with E-state index >= 15 is 0 Å².